The molecule has 0 bridgehead atoms. The predicted molar refractivity (Wildman–Crippen MR) is 67.1 cm³/mol. The summed E-state index contributed by atoms with van der Waals surface area (Å²) < 4.78 is 33.5. The third-order valence-corrected chi connectivity index (χ3v) is 3.17. The largest absolute Gasteiger partial charge is 0.431 e. The quantitative estimate of drug-likeness (QED) is 0.866. The molecule has 1 unspecified atom stereocenters. The summed E-state index contributed by atoms with van der Waals surface area (Å²) in [4.78, 5) is 5.32. The summed E-state index contributed by atoms with van der Waals surface area (Å²) >= 11 is 0. The van der Waals surface area contributed by atoms with E-state index in [0.29, 0.717) is 17.7 Å². The lowest BCUT2D eigenvalue weighted by atomic mass is 9.96. The summed E-state index contributed by atoms with van der Waals surface area (Å²) in [7, 11) is 0. The molecule has 0 saturated heterocycles. The van der Waals surface area contributed by atoms with Crippen molar-refractivity contribution in [2.45, 2.75) is 25.6 Å². The number of aromatic nitrogens is 2. The van der Waals surface area contributed by atoms with Crippen molar-refractivity contribution in [1.82, 2.24) is 10.2 Å². The normalized spacial score (nSPS) is 20.8. The second-order valence-corrected chi connectivity index (χ2v) is 4.82. The third-order valence-electron chi connectivity index (χ3n) is 3.17. The van der Waals surface area contributed by atoms with Crippen LogP contribution in [0, 0.1) is 0 Å². The fraction of sp³-hybridized carbons (Fsp3) is 0.308. The van der Waals surface area contributed by atoms with Gasteiger partial charge in [0, 0.05) is 12.0 Å². The van der Waals surface area contributed by atoms with Gasteiger partial charge in [-0.2, -0.15) is 8.78 Å². The number of oxime groups is 1. The molecular weight excluding hydrogens is 300 g/mol. The number of ether oxygens (including phenoxy) is 1. The number of benzene rings is 1. The molecular formula is C13H10F2N3O4. The van der Waals surface area contributed by atoms with E-state index in [-0.39, 0.29) is 5.89 Å². The van der Waals surface area contributed by atoms with Gasteiger partial charge in [0.05, 0.1) is 5.71 Å². The standard InChI is InChI=1S/C13H10F2N3O4/c1-13(11-17-16-6-20-11)5-8(18-22-13)7-2-3-10(9(19)4-7)21-12(14)15/h2-4,6,12H,5H2,1H3. The molecule has 1 aliphatic heterocycles. The Kier molecular flexibility index (Phi) is 3.39. The molecule has 1 atom stereocenters. The molecule has 7 nitrogen and oxygen atoms in total. The zero-order valence-corrected chi connectivity index (χ0v) is 11.3. The van der Waals surface area contributed by atoms with Crippen molar-refractivity contribution in [1.29, 1.82) is 0 Å². The molecule has 0 fully saturated rings. The van der Waals surface area contributed by atoms with E-state index >= 15 is 0 Å². The number of halogens is 2. The lowest BCUT2D eigenvalue weighted by molar-refractivity contribution is -0.0518. The molecule has 0 aliphatic carbocycles. The fourth-order valence-electron chi connectivity index (χ4n) is 2.09. The zero-order chi connectivity index (χ0) is 15.7. The van der Waals surface area contributed by atoms with Crippen molar-refractivity contribution in [2.75, 3.05) is 0 Å². The number of hydrogen-bond acceptors (Lipinski definition) is 6. The van der Waals surface area contributed by atoms with E-state index in [1.807, 2.05) is 0 Å². The maximum atomic E-state index is 12.1. The Morgan fingerprint density at radius 2 is 2.23 bits per heavy atom. The van der Waals surface area contributed by atoms with Gasteiger partial charge in [0.25, 0.3) is 5.89 Å². The molecule has 2 heterocycles. The van der Waals surface area contributed by atoms with Crippen molar-refractivity contribution in [3.63, 3.8) is 0 Å². The number of rotatable bonds is 4. The minimum absolute atomic E-state index is 0.256. The van der Waals surface area contributed by atoms with Gasteiger partial charge in [-0.25, -0.2) is 0 Å². The molecule has 22 heavy (non-hydrogen) atoms. The average Bonchev–Trinajstić information content (AvgIpc) is 3.11. The van der Waals surface area contributed by atoms with E-state index in [1.165, 1.54) is 24.6 Å². The van der Waals surface area contributed by atoms with Gasteiger partial charge in [-0.3, -0.25) is 5.11 Å². The first-order valence-corrected chi connectivity index (χ1v) is 6.26. The van der Waals surface area contributed by atoms with Crippen LogP contribution < -0.4 is 4.74 Å². The summed E-state index contributed by atoms with van der Waals surface area (Å²) in [6.07, 6.45) is 1.47. The molecule has 0 N–H and O–H groups in total. The van der Waals surface area contributed by atoms with Crippen LogP contribution in [0.2, 0.25) is 0 Å². The third kappa shape index (κ3) is 2.57. The molecule has 1 aromatic heterocycles. The highest BCUT2D eigenvalue weighted by atomic mass is 19.3. The van der Waals surface area contributed by atoms with Gasteiger partial charge in [-0.15, -0.1) is 10.2 Å². The highest BCUT2D eigenvalue weighted by molar-refractivity contribution is 6.02. The van der Waals surface area contributed by atoms with Gasteiger partial charge in [0.1, 0.15) is 0 Å². The van der Waals surface area contributed by atoms with E-state index in [2.05, 4.69) is 20.1 Å². The Hall–Kier alpha value is -2.71. The van der Waals surface area contributed by atoms with E-state index in [9.17, 15) is 13.9 Å². The topological polar surface area (TPSA) is 89.6 Å². The van der Waals surface area contributed by atoms with E-state index in [4.69, 9.17) is 9.25 Å². The highest BCUT2D eigenvalue weighted by Gasteiger charge is 2.41. The predicted octanol–water partition coefficient (Wildman–Crippen LogP) is 2.85. The summed E-state index contributed by atoms with van der Waals surface area (Å²) in [6, 6.07) is 3.80. The minimum Gasteiger partial charge on any atom is -0.431 e. The van der Waals surface area contributed by atoms with Crippen LogP contribution in [0.3, 0.4) is 0 Å². The Morgan fingerprint density at radius 3 is 2.86 bits per heavy atom. The van der Waals surface area contributed by atoms with Crippen molar-refractivity contribution < 1.29 is 27.9 Å². The van der Waals surface area contributed by atoms with Crippen molar-refractivity contribution in [3.8, 4) is 11.5 Å². The molecule has 115 valence electrons. The number of hydrogen-bond donors (Lipinski definition) is 0. The average molecular weight is 310 g/mol. The molecule has 1 aliphatic rings. The summed E-state index contributed by atoms with van der Waals surface area (Å²) in [6.45, 7) is -1.34. The Bertz CT molecular complexity index is 705. The van der Waals surface area contributed by atoms with Crippen LogP contribution in [-0.2, 0) is 15.5 Å². The number of nitrogens with zero attached hydrogens (tertiary/aromatic N) is 3. The van der Waals surface area contributed by atoms with E-state index < -0.39 is 23.7 Å². The van der Waals surface area contributed by atoms with Gasteiger partial charge < -0.3 is 14.0 Å². The van der Waals surface area contributed by atoms with E-state index in [1.54, 1.807) is 6.92 Å². The van der Waals surface area contributed by atoms with Crippen molar-refractivity contribution in [2.24, 2.45) is 5.16 Å². The molecule has 3 rings (SSSR count). The minimum atomic E-state index is -3.05. The number of alkyl halides is 2. The van der Waals surface area contributed by atoms with Crippen LogP contribution in [0.5, 0.6) is 11.5 Å². The Labute approximate surface area is 123 Å². The van der Waals surface area contributed by atoms with Gasteiger partial charge >= 0.3 is 6.61 Å². The second kappa shape index (κ2) is 5.24. The molecule has 0 amide bonds. The van der Waals surface area contributed by atoms with Gasteiger partial charge in [0.15, 0.2) is 5.75 Å². The molecule has 9 heteroatoms. The monoisotopic (exact) mass is 310 g/mol. The Morgan fingerprint density at radius 1 is 1.41 bits per heavy atom. The van der Waals surface area contributed by atoms with Crippen LogP contribution in [0.4, 0.5) is 8.78 Å². The summed E-state index contributed by atoms with van der Waals surface area (Å²) in [5.41, 5.74) is 0.00350. The maximum Gasteiger partial charge on any atom is 0.387 e. The van der Waals surface area contributed by atoms with Crippen LogP contribution in [0.1, 0.15) is 24.8 Å². The van der Waals surface area contributed by atoms with Gasteiger partial charge in [0.2, 0.25) is 17.7 Å². The van der Waals surface area contributed by atoms with Crippen molar-refractivity contribution in [3.05, 3.63) is 36.0 Å². The highest BCUT2D eigenvalue weighted by Crippen LogP contribution is 2.36. The van der Waals surface area contributed by atoms with Crippen LogP contribution in [0.15, 0.2) is 34.2 Å². The zero-order valence-electron chi connectivity index (χ0n) is 11.3. The molecule has 0 saturated carbocycles. The first-order valence-electron chi connectivity index (χ1n) is 6.26. The molecule has 0 spiro atoms. The molecule has 2 aromatic rings. The first-order chi connectivity index (χ1) is 10.5. The molecule has 1 aromatic carbocycles. The van der Waals surface area contributed by atoms with Crippen LogP contribution >= 0.6 is 0 Å². The first kappa shape index (κ1) is 14.2. The second-order valence-electron chi connectivity index (χ2n) is 4.82. The smallest absolute Gasteiger partial charge is 0.387 e. The van der Waals surface area contributed by atoms with Crippen LogP contribution in [-0.4, -0.2) is 22.5 Å². The lowest BCUT2D eigenvalue weighted by Crippen LogP contribution is -2.22. The summed E-state index contributed by atoms with van der Waals surface area (Å²) in [5.74, 6) is -0.823. The van der Waals surface area contributed by atoms with E-state index in [0.717, 1.165) is 0 Å². The fourth-order valence-corrected chi connectivity index (χ4v) is 2.09. The lowest BCUT2D eigenvalue weighted by Gasteiger charge is -2.15. The van der Waals surface area contributed by atoms with Crippen molar-refractivity contribution >= 4 is 5.71 Å². The van der Waals surface area contributed by atoms with Gasteiger partial charge in [-0.1, -0.05) is 5.16 Å². The summed E-state index contributed by atoms with van der Waals surface area (Å²) in [5, 5.41) is 23.0. The van der Waals surface area contributed by atoms with Crippen LogP contribution in [0.25, 0.3) is 0 Å². The SMILES string of the molecule is CC1(c2nnco2)CC(c2ccc(OC(F)F)c([O])c2)=NO1. The van der Waals surface area contributed by atoms with Gasteiger partial charge in [-0.05, 0) is 25.1 Å². The molecule has 1 radical (unpaired) electrons. The Balaban J connectivity index is 1.80. The maximum absolute atomic E-state index is 12.1.